The highest BCUT2D eigenvalue weighted by molar-refractivity contribution is 14.1. The maximum Gasteiger partial charge on any atom is 0.334 e. The minimum Gasteiger partial charge on any atom is -0.330 e. The minimum absolute atomic E-state index is 0.131. The normalized spacial score (nSPS) is 15.7. The number of amides is 2. The number of alkyl halides is 1. The van der Waals surface area contributed by atoms with Crippen molar-refractivity contribution >= 4 is 62.0 Å². The zero-order chi connectivity index (χ0) is 12.0. The number of carbonyl (C=O) groups is 3. The van der Waals surface area contributed by atoms with Gasteiger partial charge in [0.25, 0.3) is 11.8 Å². The van der Waals surface area contributed by atoms with E-state index in [1.807, 2.05) is 0 Å². The molecule has 0 N–H and O–H groups in total. The van der Waals surface area contributed by atoms with Gasteiger partial charge < -0.3 is 4.84 Å². The van der Waals surface area contributed by atoms with Crippen molar-refractivity contribution in [2.24, 2.45) is 0 Å². The van der Waals surface area contributed by atoms with Crippen LogP contribution in [0.25, 0.3) is 0 Å². The Morgan fingerprint density at radius 2 is 1.94 bits per heavy atom. The van der Waals surface area contributed by atoms with Crippen LogP contribution in [0.5, 0.6) is 0 Å². The van der Waals surface area contributed by atoms with E-state index in [2.05, 4.69) is 27.4 Å². The zero-order valence-electron chi connectivity index (χ0n) is 8.31. The highest BCUT2D eigenvalue weighted by Gasteiger charge is 2.32. The summed E-state index contributed by atoms with van der Waals surface area (Å²) in [4.78, 5) is 38.2. The Morgan fingerprint density at radius 3 is 2.50 bits per heavy atom. The number of hydroxylamine groups is 2. The van der Waals surface area contributed by atoms with E-state index in [9.17, 15) is 14.4 Å². The SMILES string of the molecule is O=C(CCSSCI)ON1C(=O)CCC1=O. The molecule has 5 nitrogen and oxygen atoms in total. The van der Waals surface area contributed by atoms with Gasteiger partial charge in [-0.25, -0.2) is 4.79 Å². The largest absolute Gasteiger partial charge is 0.334 e. The first-order valence-corrected chi connectivity index (χ1v) is 8.53. The quantitative estimate of drug-likeness (QED) is 0.232. The molecule has 1 rings (SSSR count). The molecule has 1 heterocycles. The molecule has 0 aromatic rings. The monoisotopic (exact) mass is 375 g/mol. The highest BCUT2D eigenvalue weighted by atomic mass is 127. The molecule has 0 aliphatic carbocycles. The van der Waals surface area contributed by atoms with Gasteiger partial charge in [0.05, 0.1) is 10.2 Å². The topological polar surface area (TPSA) is 63.7 Å². The van der Waals surface area contributed by atoms with E-state index in [-0.39, 0.29) is 19.3 Å². The Hall–Kier alpha value is 0.0400. The molecule has 0 aromatic carbocycles. The van der Waals surface area contributed by atoms with Gasteiger partial charge in [-0.1, -0.05) is 44.2 Å². The maximum atomic E-state index is 11.3. The van der Waals surface area contributed by atoms with E-state index in [1.165, 1.54) is 0 Å². The third-order valence-electron chi connectivity index (χ3n) is 1.72. The summed E-state index contributed by atoms with van der Waals surface area (Å²) in [7, 11) is 3.20. The van der Waals surface area contributed by atoms with Crippen molar-refractivity contribution in [2.45, 2.75) is 19.3 Å². The standard InChI is InChI=1S/C8H10INO4S2/c9-5-16-15-4-3-8(13)14-10-6(11)1-2-7(10)12/h1-5H2. The molecule has 8 heteroatoms. The first kappa shape index (κ1) is 14.1. The second kappa shape index (κ2) is 7.38. The molecular formula is C8H10INO4S2. The molecule has 0 unspecified atom stereocenters. The van der Waals surface area contributed by atoms with Gasteiger partial charge in [0.15, 0.2) is 0 Å². The predicted octanol–water partition coefficient (Wildman–Crippen LogP) is 1.76. The molecule has 0 aromatic heterocycles. The van der Waals surface area contributed by atoms with Crippen molar-refractivity contribution in [3.05, 3.63) is 0 Å². The third kappa shape index (κ3) is 4.50. The summed E-state index contributed by atoms with van der Waals surface area (Å²) in [6.45, 7) is 0. The number of rotatable bonds is 6. The van der Waals surface area contributed by atoms with Crippen LogP contribution < -0.4 is 0 Å². The zero-order valence-corrected chi connectivity index (χ0v) is 12.1. The van der Waals surface area contributed by atoms with Crippen molar-refractivity contribution in [1.29, 1.82) is 0 Å². The second-order valence-corrected chi connectivity index (χ2v) is 7.22. The fraction of sp³-hybridized carbons (Fsp3) is 0.625. The van der Waals surface area contributed by atoms with E-state index < -0.39 is 17.8 Å². The number of hydrogen-bond donors (Lipinski definition) is 0. The van der Waals surface area contributed by atoms with Crippen LogP contribution in [-0.2, 0) is 19.2 Å². The fourth-order valence-corrected chi connectivity index (χ4v) is 3.86. The summed E-state index contributed by atoms with van der Waals surface area (Å²) in [6.07, 6.45) is 0.461. The molecule has 1 aliphatic heterocycles. The summed E-state index contributed by atoms with van der Waals surface area (Å²) in [5, 5.41) is 0.582. The molecule has 0 radical (unpaired) electrons. The lowest BCUT2D eigenvalue weighted by Crippen LogP contribution is -2.32. The lowest BCUT2D eigenvalue weighted by atomic mass is 10.4. The van der Waals surface area contributed by atoms with Crippen molar-refractivity contribution in [2.75, 3.05) is 9.51 Å². The lowest BCUT2D eigenvalue weighted by molar-refractivity contribution is -0.197. The van der Waals surface area contributed by atoms with Crippen LogP contribution in [0.4, 0.5) is 0 Å². The highest BCUT2D eigenvalue weighted by Crippen LogP contribution is 2.24. The van der Waals surface area contributed by atoms with Crippen LogP contribution in [0.15, 0.2) is 0 Å². The first-order chi connectivity index (χ1) is 7.65. The summed E-state index contributed by atoms with van der Waals surface area (Å²) < 4.78 is 0.945. The van der Waals surface area contributed by atoms with Crippen molar-refractivity contribution in [1.82, 2.24) is 5.06 Å². The average molecular weight is 375 g/mol. The Bertz CT molecular complexity index is 284. The molecule has 2 amide bonds. The van der Waals surface area contributed by atoms with Crippen LogP contribution in [0.3, 0.4) is 0 Å². The summed E-state index contributed by atoms with van der Waals surface area (Å²) in [5.41, 5.74) is 0. The van der Waals surface area contributed by atoms with Crippen LogP contribution in [0, 0.1) is 0 Å². The summed E-state index contributed by atoms with van der Waals surface area (Å²) in [5.74, 6) is -0.798. The predicted molar refractivity (Wildman–Crippen MR) is 70.7 cm³/mol. The third-order valence-corrected chi connectivity index (χ3v) is 5.90. The molecule has 0 bridgehead atoms. The van der Waals surface area contributed by atoms with Crippen LogP contribution in [0.2, 0.25) is 0 Å². The molecule has 1 saturated heterocycles. The smallest absolute Gasteiger partial charge is 0.330 e. The van der Waals surface area contributed by atoms with E-state index in [1.54, 1.807) is 21.6 Å². The Labute approximate surface area is 115 Å². The van der Waals surface area contributed by atoms with Gasteiger partial charge in [-0.15, -0.1) is 5.06 Å². The molecule has 0 atom stereocenters. The van der Waals surface area contributed by atoms with Crippen LogP contribution in [-0.4, -0.2) is 32.4 Å². The number of nitrogens with zero attached hydrogens (tertiary/aromatic N) is 1. The molecular weight excluding hydrogens is 365 g/mol. The molecule has 1 fully saturated rings. The molecule has 0 saturated carbocycles. The average Bonchev–Trinajstić information content (AvgIpc) is 2.56. The summed E-state index contributed by atoms with van der Waals surface area (Å²) >= 11 is 2.22. The second-order valence-electron chi connectivity index (χ2n) is 2.84. The van der Waals surface area contributed by atoms with Gasteiger partial charge in [0.1, 0.15) is 0 Å². The molecule has 16 heavy (non-hydrogen) atoms. The van der Waals surface area contributed by atoms with Gasteiger partial charge in [-0.05, 0) is 0 Å². The molecule has 0 spiro atoms. The number of hydrogen-bond acceptors (Lipinski definition) is 6. The van der Waals surface area contributed by atoms with Crippen LogP contribution in [0.1, 0.15) is 19.3 Å². The van der Waals surface area contributed by atoms with E-state index in [4.69, 9.17) is 0 Å². The van der Waals surface area contributed by atoms with Crippen molar-refractivity contribution in [3.8, 4) is 0 Å². The first-order valence-electron chi connectivity index (χ1n) is 4.52. The Balaban J connectivity index is 2.23. The molecule has 1 aliphatic rings. The minimum atomic E-state index is -0.537. The van der Waals surface area contributed by atoms with E-state index in [0.717, 1.165) is 3.76 Å². The van der Waals surface area contributed by atoms with Crippen LogP contribution >= 0.6 is 44.2 Å². The van der Waals surface area contributed by atoms with E-state index in [0.29, 0.717) is 10.8 Å². The Kier molecular flexibility index (Phi) is 6.51. The van der Waals surface area contributed by atoms with E-state index >= 15 is 0 Å². The van der Waals surface area contributed by atoms with Crippen molar-refractivity contribution in [3.63, 3.8) is 0 Å². The number of halogens is 1. The Morgan fingerprint density at radius 1 is 1.31 bits per heavy atom. The summed E-state index contributed by atoms with van der Waals surface area (Å²) in [6, 6.07) is 0. The maximum absolute atomic E-state index is 11.3. The van der Waals surface area contributed by atoms with Gasteiger partial charge in [-0.2, -0.15) is 0 Å². The van der Waals surface area contributed by atoms with Gasteiger partial charge in [-0.3, -0.25) is 9.59 Å². The van der Waals surface area contributed by atoms with Gasteiger partial charge in [0.2, 0.25) is 0 Å². The molecule has 90 valence electrons. The lowest BCUT2D eigenvalue weighted by Gasteiger charge is -2.11. The number of carbonyl (C=O) groups excluding carboxylic acids is 3. The van der Waals surface area contributed by atoms with Crippen molar-refractivity contribution < 1.29 is 19.2 Å². The van der Waals surface area contributed by atoms with Gasteiger partial charge >= 0.3 is 5.97 Å². The van der Waals surface area contributed by atoms with Gasteiger partial charge in [0, 0.05) is 18.6 Å². The fourth-order valence-electron chi connectivity index (χ4n) is 1.02. The number of imide groups is 1.